The number of halogens is 1. The highest BCUT2D eigenvalue weighted by Crippen LogP contribution is 2.38. The molecular formula is C26H29ClN4O2. The summed E-state index contributed by atoms with van der Waals surface area (Å²) in [5, 5.41) is 4.09. The number of anilines is 4. The van der Waals surface area contributed by atoms with Crippen molar-refractivity contribution in [1.29, 1.82) is 0 Å². The number of ether oxygens (including phenoxy) is 2. The van der Waals surface area contributed by atoms with Crippen molar-refractivity contribution in [2.45, 2.75) is 26.8 Å². The summed E-state index contributed by atoms with van der Waals surface area (Å²) in [7, 11) is 5.33. The van der Waals surface area contributed by atoms with Crippen LogP contribution in [0.25, 0.3) is 11.0 Å². The Hall–Kier alpha value is -3.38. The van der Waals surface area contributed by atoms with E-state index in [9.17, 15) is 0 Å². The summed E-state index contributed by atoms with van der Waals surface area (Å²) in [5.74, 6) is 2.23. The highest BCUT2D eigenvalue weighted by molar-refractivity contribution is 6.31. The summed E-state index contributed by atoms with van der Waals surface area (Å²) in [4.78, 5) is 7.19. The predicted octanol–water partition coefficient (Wildman–Crippen LogP) is 6.84. The number of aromatic nitrogens is 2. The van der Waals surface area contributed by atoms with Gasteiger partial charge in [-0.15, -0.1) is 0 Å². The van der Waals surface area contributed by atoms with E-state index in [1.165, 1.54) is 0 Å². The van der Waals surface area contributed by atoms with Crippen molar-refractivity contribution in [2.75, 3.05) is 24.4 Å². The number of hydrogen-bond acceptors (Lipinski definition) is 5. The van der Waals surface area contributed by atoms with Gasteiger partial charge in [-0.3, -0.25) is 0 Å². The van der Waals surface area contributed by atoms with E-state index in [-0.39, 0.29) is 6.04 Å². The fraction of sp³-hybridized carbons (Fsp3) is 0.269. The Morgan fingerprint density at radius 2 is 1.76 bits per heavy atom. The Labute approximate surface area is 199 Å². The van der Waals surface area contributed by atoms with Crippen molar-refractivity contribution in [3.05, 3.63) is 65.2 Å². The molecule has 0 bridgehead atoms. The van der Waals surface area contributed by atoms with Crippen molar-refractivity contribution in [3.63, 3.8) is 0 Å². The predicted molar refractivity (Wildman–Crippen MR) is 137 cm³/mol. The average molecular weight is 465 g/mol. The minimum Gasteiger partial charge on any atom is -0.497 e. The number of methoxy groups -OCH3 is 2. The van der Waals surface area contributed by atoms with Gasteiger partial charge in [0, 0.05) is 29.9 Å². The second kappa shape index (κ2) is 9.24. The van der Waals surface area contributed by atoms with E-state index in [1.807, 2.05) is 44.3 Å². The molecule has 0 spiro atoms. The van der Waals surface area contributed by atoms with Crippen LogP contribution in [-0.2, 0) is 7.05 Å². The lowest BCUT2D eigenvalue weighted by molar-refractivity contribution is 0.415. The van der Waals surface area contributed by atoms with Crippen molar-refractivity contribution in [3.8, 4) is 11.5 Å². The molecule has 1 aromatic heterocycles. The van der Waals surface area contributed by atoms with Crippen LogP contribution in [0.2, 0.25) is 5.02 Å². The molecule has 0 fully saturated rings. The third kappa shape index (κ3) is 4.31. The van der Waals surface area contributed by atoms with E-state index in [2.05, 4.69) is 46.8 Å². The minimum absolute atomic E-state index is 0.230. The molecule has 0 aliphatic carbocycles. The van der Waals surface area contributed by atoms with Crippen LogP contribution in [0.5, 0.6) is 11.5 Å². The third-order valence-electron chi connectivity index (χ3n) is 5.72. The van der Waals surface area contributed by atoms with Gasteiger partial charge in [-0.25, -0.2) is 4.98 Å². The molecule has 0 unspecified atom stereocenters. The number of aryl methyl sites for hydroxylation is 2. The summed E-state index contributed by atoms with van der Waals surface area (Å²) >= 11 is 6.22. The quantitative estimate of drug-likeness (QED) is 0.324. The molecule has 0 aliphatic rings. The first kappa shape index (κ1) is 22.8. The zero-order valence-electron chi connectivity index (χ0n) is 19.8. The number of para-hydroxylation sites is 1. The maximum absolute atomic E-state index is 6.22. The fourth-order valence-corrected chi connectivity index (χ4v) is 4.42. The molecule has 0 amide bonds. The Kier molecular flexibility index (Phi) is 6.38. The SMILES string of the molecule is COc1ccc(N(c2cccc3nc(Nc4c(C)cc(Cl)cc4OC)n(C)c23)C(C)C)cc1. The fourth-order valence-electron chi connectivity index (χ4n) is 4.16. The maximum atomic E-state index is 6.22. The van der Waals surface area contributed by atoms with Crippen molar-refractivity contribution in [1.82, 2.24) is 9.55 Å². The van der Waals surface area contributed by atoms with Gasteiger partial charge in [-0.2, -0.15) is 0 Å². The van der Waals surface area contributed by atoms with Crippen LogP contribution < -0.4 is 19.7 Å². The monoisotopic (exact) mass is 464 g/mol. The van der Waals surface area contributed by atoms with Crippen LogP contribution in [0, 0.1) is 6.92 Å². The molecule has 0 atom stereocenters. The summed E-state index contributed by atoms with van der Waals surface area (Å²) in [6.07, 6.45) is 0. The molecule has 0 radical (unpaired) electrons. The van der Waals surface area contributed by atoms with Crippen LogP contribution in [0.1, 0.15) is 19.4 Å². The lowest BCUT2D eigenvalue weighted by atomic mass is 10.1. The van der Waals surface area contributed by atoms with E-state index in [4.69, 9.17) is 26.1 Å². The molecular weight excluding hydrogens is 436 g/mol. The zero-order valence-corrected chi connectivity index (χ0v) is 20.6. The van der Waals surface area contributed by atoms with Gasteiger partial charge in [0.15, 0.2) is 0 Å². The van der Waals surface area contributed by atoms with Gasteiger partial charge >= 0.3 is 0 Å². The van der Waals surface area contributed by atoms with E-state index < -0.39 is 0 Å². The molecule has 4 rings (SSSR count). The number of benzene rings is 3. The summed E-state index contributed by atoms with van der Waals surface area (Å²) in [6.45, 7) is 6.36. The number of nitrogens with one attached hydrogen (secondary N) is 1. The summed E-state index contributed by atoms with van der Waals surface area (Å²) in [5.41, 5.74) is 5.93. The summed E-state index contributed by atoms with van der Waals surface area (Å²) in [6, 6.07) is 18.3. The first-order valence-electron chi connectivity index (χ1n) is 10.8. The molecule has 1 N–H and O–H groups in total. The molecule has 0 saturated carbocycles. The van der Waals surface area contributed by atoms with E-state index in [1.54, 1.807) is 20.3 Å². The second-order valence-corrected chi connectivity index (χ2v) is 8.66. The van der Waals surface area contributed by atoms with Crippen molar-refractivity contribution < 1.29 is 9.47 Å². The molecule has 6 nitrogen and oxygen atoms in total. The highest BCUT2D eigenvalue weighted by atomic mass is 35.5. The number of nitrogens with zero attached hydrogens (tertiary/aromatic N) is 3. The maximum Gasteiger partial charge on any atom is 0.208 e. The highest BCUT2D eigenvalue weighted by Gasteiger charge is 2.21. The number of fused-ring (bicyclic) bond motifs is 1. The number of imidazole rings is 1. The van der Waals surface area contributed by atoms with E-state index >= 15 is 0 Å². The van der Waals surface area contributed by atoms with Gasteiger partial charge in [0.1, 0.15) is 11.5 Å². The van der Waals surface area contributed by atoms with Crippen LogP contribution in [0.3, 0.4) is 0 Å². The largest absolute Gasteiger partial charge is 0.497 e. The van der Waals surface area contributed by atoms with E-state index in [0.29, 0.717) is 10.8 Å². The molecule has 7 heteroatoms. The zero-order chi connectivity index (χ0) is 23.7. The van der Waals surface area contributed by atoms with Gasteiger partial charge in [0.25, 0.3) is 0 Å². The van der Waals surface area contributed by atoms with Crippen LogP contribution in [-0.4, -0.2) is 29.8 Å². The van der Waals surface area contributed by atoms with Gasteiger partial charge in [0.05, 0.1) is 36.6 Å². The first-order chi connectivity index (χ1) is 15.8. The average Bonchev–Trinajstić information content (AvgIpc) is 3.11. The van der Waals surface area contributed by atoms with Crippen LogP contribution >= 0.6 is 11.6 Å². The normalized spacial score (nSPS) is 11.2. The van der Waals surface area contributed by atoms with Gasteiger partial charge in [-0.05, 0) is 68.8 Å². The molecule has 1 heterocycles. The Bertz CT molecular complexity index is 1280. The van der Waals surface area contributed by atoms with Gasteiger partial charge in [-0.1, -0.05) is 17.7 Å². The first-order valence-corrected chi connectivity index (χ1v) is 11.2. The van der Waals surface area contributed by atoms with E-state index in [0.717, 1.165) is 45.4 Å². The molecule has 33 heavy (non-hydrogen) atoms. The smallest absolute Gasteiger partial charge is 0.208 e. The molecule has 0 aliphatic heterocycles. The van der Waals surface area contributed by atoms with Crippen LogP contribution in [0.4, 0.5) is 23.0 Å². The lowest BCUT2D eigenvalue weighted by Gasteiger charge is -2.30. The standard InChI is InChI=1S/C26H29ClN4O2/c1-16(2)31(19-10-12-20(32-5)13-11-19)22-9-7-8-21-25(22)30(4)26(28-21)29-24-17(3)14-18(27)15-23(24)33-6/h7-16H,1-6H3,(H,28,29). The Morgan fingerprint density at radius 3 is 2.39 bits per heavy atom. The minimum atomic E-state index is 0.230. The number of hydrogen-bond donors (Lipinski definition) is 1. The van der Waals surface area contributed by atoms with Gasteiger partial charge < -0.3 is 24.3 Å². The Morgan fingerprint density at radius 1 is 1.03 bits per heavy atom. The van der Waals surface area contributed by atoms with Gasteiger partial charge in [0.2, 0.25) is 5.95 Å². The summed E-state index contributed by atoms with van der Waals surface area (Å²) < 4.78 is 13.0. The topological polar surface area (TPSA) is 51.6 Å². The van der Waals surface area contributed by atoms with Crippen LogP contribution in [0.15, 0.2) is 54.6 Å². The number of rotatable bonds is 7. The molecule has 0 saturated heterocycles. The third-order valence-corrected chi connectivity index (χ3v) is 5.94. The lowest BCUT2D eigenvalue weighted by Crippen LogP contribution is -2.25. The molecule has 172 valence electrons. The van der Waals surface area contributed by atoms with Crippen molar-refractivity contribution in [2.24, 2.45) is 7.05 Å². The van der Waals surface area contributed by atoms with Crippen molar-refractivity contribution >= 4 is 45.6 Å². The second-order valence-electron chi connectivity index (χ2n) is 8.23. The molecule has 4 aromatic rings. The Balaban J connectivity index is 1.82. The molecule has 3 aromatic carbocycles.